The maximum Gasteiger partial charge on any atom is 0.318 e. The normalized spacial score (nSPS) is 23.3. The van der Waals surface area contributed by atoms with Gasteiger partial charge in [0.05, 0.1) is 6.54 Å². The fraction of sp³-hybridized carbons (Fsp3) is 0.600. The second kappa shape index (κ2) is 8.93. The number of hydrogen-bond donors (Lipinski definition) is 1. The maximum absolute atomic E-state index is 12.9. The minimum atomic E-state index is -0.0168. The molecule has 6 heteroatoms. The third-order valence-corrected chi connectivity index (χ3v) is 6.91. The number of aromatic nitrogens is 1. The van der Waals surface area contributed by atoms with E-state index < -0.39 is 0 Å². The number of amides is 2. The molecule has 2 atom stereocenters. The second-order valence-electron chi connectivity index (χ2n) is 9.57. The lowest BCUT2D eigenvalue weighted by Gasteiger charge is -2.22. The molecule has 0 radical (unpaired) electrons. The Balaban J connectivity index is 1.15. The van der Waals surface area contributed by atoms with E-state index in [2.05, 4.69) is 40.3 Å². The van der Waals surface area contributed by atoms with Crippen molar-refractivity contribution < 1.29 is 9.21 Å². The summed E-state index contributed by atoms with van der Waals surface area (Å²) < 4.78 is 6.04. The molecule has 6 nitrogen and oxygen atoms in total. The zero-order chi connectivity index (χ0) is 21.2. The summed E-state index contributed by atoms with van der Waals surface area (Å²) in [6, 6.07) is 8.62. The van der Waals surface area contributed by atoms with Crippen LogP contribution in [0.25, 0.3) is 0 Å². The van der Waals surface area contributed by atoms with Crippen molar-refractivity contribution in [2.45, 2.75) is 76.9 Å². The highest BCUT2D eigenvalue weighted by Crippen LogP contribution is 2.47. The average molecular weight is 423 g/mol. The van der Waals surface area contributed by atoms with Gasteiger partial charge in [-0.05, 0) is 61.8 Å². The van der Waals surface area contributed by atoms with Crippen molar-refractivity contribution in [3.8, 4) is 0 Å². The Bertz CT molecular complexity index is 881. The molecule has 1 N–H and O–H groups in total. The van der Waals surface area contributed by atoms with E-state index in [0.29, 0.717) is 25.0 Å². The summed E-state index contributed by atoms with van der Waals surface area (Å²) in [6.45, 7) is 5.48. The van der Waals surface area contributed by atoms with Gasteiger partial charge >= 0.3 is 6.03 Å². The molecule has 2 aliphatic carbocycles. The van der Waals surface area contributed by atoms with E-state index >= 15 is 0 Å². The highest BCUT2D eigenvalue weighted by molar-refractivity contribution is 5.74. The van der Waals surface area contributed by atoms with E-state index in [1.807, 2.05) is 17.2 Å². The van der Waals surface area contributed by atoms with E-state index in [1.165, 1.54) is 32.1 Å². The first-order valence-electron chi connectivity index (χ1n) is 12.0. The van der Waals surface area contributed by atoms with Crippen molar-refractivity contribution in [1.29, 1.82) is 0 Å². The van der Waals surface area contributed by atoms with Gasteiger partial charge in [-0.1, -0.05) is 25.8 Å². The monoisotopic (exact) mass is 422 g/mol. The number of pyridine rings is 1. The molecule has 2 unspecified atom stereocenters. The van der Waals surface area contributed by atoms with Crippen LogP contribution in [0.3, 0.4) is 0 Å². The van der Waals surface area contributed by atoms with Crippen LogP contribution in [0, 0.1) is 5.92 Å². The van der Waals surface area contributed by atoms with Gasteiger partial charge in [0.1, 0.15) is 17.3 Å². The number of nitrogens with zero attached hydrogens (tertiary/aromatic N) is 3. The molecular weight excluding hydrogens is 388 g/mol. The largest absolute Gasteiger partial charge is 0.464 e. The van der Waals surface area contributed by atoms with Crippen LogP contribution < -0.4 is 10.2 Å². The van der Waals surface area contributed by atoms with E-state index in [0.717, 1.165) is 54.8 Å². The van der Waals surface area contributed by atoms with Gasteiger partial charge in [0, 0.05) is 37.8 Å². The van der Waals surface area contributed by atoms with Gasteiger partial charge in [-0.15, -0.1) is 0 Å². The van der Waals surface area contributed by atoms with Gasteiger partial charge in [-0.2, -0.15) is 0 Å². The molecule has 2 aromatic rings. The fourth-order valence-corrected chi connectivity index (χ4v) is 4.61. The molecule has 3 heterocycles. The minimum absolute atomic E-state index is 0.0168. The number of carbonyl (C=O) groups is 1. The average Bonchev–Trinajstić information content (AvgIpc) is 3.70. The predicted octanol–water partition coefficient (Wildman–Crippen LogP) is 5.05. The third-order valence-electron chi connectivity index (χ3n) is 6.91. The molecule has 2 aromatic heterocycles. The first-order valence-corrected chi connectivity index (χ1v) is 12.0. The SMILES string of the molecule is CC1CC1c1ccc(CN(C(=O)NCc2ccc(N3CCCCCC3)nc2)C2CC2)o1. The van der Waals surface area contributed by atoms with Crippen LogP contribution in [-0.2, 0) is 13.1 Å². The molecule has 3 aliphatic rings. The Morgan fingerprint density at radius 3 is 2.58 bits per heavy atom. The van der Waals surface area contributed by atoms with Crippen molar-refractivity contribution in [3.63, 3.8) is 0 Å². The van der Waals surface area contributed by atoms with E-state index in [1.54, 1.807) is 0 Å². The van der Waals surface area contributed by atoms with Crippen molar-refractivity contribution >= 4 is 11.8 Å². The lowest BCUT2D eigenvalue weighted by molar-refractivity contribution is 0.186. The quantitative estimate of drug-likeness (QED) is 0.678. The van der Waals surface area contributed by atoms with Gasteiger partial charge < -0.3 is 19.5 Å². The molecule has 1 saturated heterocycles. The Morgan fingerprint density at radius 2 is 1.94 bits per heavy atom. The second-order valence-corrected chi connectivity index (χ2v) is 9.57. The van der Waals surface area contributed by atoms with Gasteiger partial charge in [0.15, 0.2) is 0 Å². The highest BCUT2D eigenvalue weighted by Gasteiger charge is 2.37. The van der Waals surface area contributed by atoms with Gasteiger partial charge in [-0.3, -0.25) is 0 Å². The Labute approximate surface area is 185 Å². The summed E-state index contributed by atoms with van der Waals surface area (Å²) in [7, 11) is 0. The summed E-state index contributed by atoms with van der Waals surface area (Å²) in [4.78, 5) is 21.9. The lowest BCUT2D eigenvalue weighted by Crippen LogP contribution is -2.40. The van der Waals surface area contributed by atoms with Gasteiger partial charge in [0.25, 0.3) is 0 Å². The Hall–Kier alpha value is -2.50. The summed E-state index contributed by atoms with van der Waals surface area (Å²) in [5, 5.41) is 3.09. The molecule has 1 aliphatic heterocycles. The summed E-state index contributed by atoms with van der Waals surface area (Å²) in [5.74, 6) is 4.31. The molecule has 5 rings (SSSR count). The number of anilines is 1. The third kappa shape index (κ3) is 5.05. The molecule has 166 valence electrons. The Morgan fingerprint density at radius 1 is 1.16 bits per heavy atom. The molecular formula is C25H34N4O2. The van der Waals surface area contributed by atoms with Gasteiger partial charge in [0.2, 0.25) is 0 Å². The van der Waals surface area contributed by atoms with Crippen molar-refractivity contribution in [2.75, 3.05) is 18.0 Å². The van der Waals surface area contributed by atoms with Gasteiger partial charge in [-0.25, -0.2) is 9.78 Å². The number of carbonyl (C=O) groups excluding carboxylic acids is 1. The number of rotatable bonds is 7. The first-order chi connectivity index (χ1) is 15.2. The van der Waals surface area contributed by atoms with Crippen LogP contribution in [0.1, 0.15) is 74.9 Å². The standard InChI is InChI=1S/C25H34N4O2/c1-18-14-22(18)23-10-9-21(31-23)17-29(20-7-8-20)25(30)27-16-19-6-11-24(26-15-19)28-12-4-2-3-5-13-28/h6,9-11,15,18,20,22H,2-5,7-8,12-14,16-17H2,1H3,(H,27,30). The smallest absolute Gasteiger partial charge is 0.318 e. The topological polar surface area (TPSA) is 61.6 Å². The maximum atomic E-state index is 12.9. The molecule has 2 amide bonds. The lowest BCUT2D eigenvalue weighted by atomic mass is 10.2. The fourth-order valence-electron chi connectivity index (χ4n) is 4.61. The van der Waals surface area contributed by atoms with Crippen molar-refractivity contribution in [3.05, 3.63) is 47.5 Å². The van der Waals surface area contributed by atoms with Crippen molar-refractivity contribution in [2.24, 2.45) is 5.92 Å². The molecule has 0 spiro atoms. The van der Waals surface area contributed by atoms with Crippen LogP contribution in [0.15, 0.2) is 34.9 Å². The summed E-state index contributed by atoms with van der Waals surface area (Å²) in [5.41, 5.74) is 1.03. The van der Waals surface area contributed by atoms with Crippen LogP contribution in [0.2, 0.25) is 0 Å². The number of nitrogens with one attached hydrogen (secondary N) is 1. The predicted molar refractivity (Wildman–Crippen MR) is 121 cm³/mol. The van der Waals surface area contributed by atoms with Crippen LogP contribution in [0.5, 0.6) is 0 Å². The molecule has 2 saturated carbocycles. The van der Waals surface area contributed by atoms with Crippen LogP contribution in [0.4, 0.5) is 10.6 Å². The highest BCUT2D eigenvalue weighted by atomic mass is 16.3. The van der Waals surface area contributed by atoms with Crippen molar-refractivity contribution in [1.82, 2.24) is 15.2 Å². The van der Waals surface area contributed by atoms with Crippen LogP contribution in [-0.4, -0.2) is 35.0 Å². The summed E-state index contributed by atoms with van der Waals surface area (Å²) >= 11 is 0. The zero-order valence-electron chi connectivity index (χ0n) is 18.6. The van der Waals surface area contributed by atoms with E-state index in [9.17, 15) is 4.79 Å². The zero-order valence-corrected chi connectivity index (χ0v) is 18.6. The molecule has 0 aromatic carbocycles. The number of furan rings is 1. The minimum Gasteiger partial charge on any atom is -0.464 e. The van der Waals surface area contributed by atoms with E-state index in [4.69, 9.17) is 4.42 Å². The number of urea groups is 1. The molecule has 0 bridgehead atoms. The first kappa shape index (κ1) is 20.4. The number of hydrogen-bond acceptors (Lipinski definition) is 4. The van der Waals surface area contributed by atoms with E-state index in [-0.39, 0.29) is 6.03 Å². The Kier molecular flexibility index (Phi) is 5.88. The summed E-state index contributed by atoms with van der Waals surface area (Å²) in [6.07, 6.45) is 10.4. The van der Waals surface area contributed by atoms with Crippen LogP contribution >= 0.6 is 0 Å². The molecule has 3 fully saturated rings. The molecule has 31 heavy (non-hydrogen) atoms.